The van der Waals surface area contributed by atoms with Gasteiger partial charge in [0.1, 0.15) is 17.4 Å². The fourth-order valence-electron chi connectivity index (χ4n) is 2.30. The van der Waals surface area contributed by atoms with Crippen molar-refractivity contribution in [3.63, 3.8) is 0 Å². The Kier molecular flexibility index (Phi) is 7.02. The molecule has 0 bridgehead atoms. The Bertz CT molecular complexity index is 906. The number of amides is 1. The molecule has 156 valence electrons. The van der Waals surface area contributed by atoms with Crippen molar-refractivity contribution in [3.05, 3.63) is 41.2 Å². The van der Waals surface area contributed by atoms with Gasteiger partial charge < -0.3 is 15.2 Å². The van der Waals surface area contributed by atoms with Crippen molar-refractivity contribution < 1.29 is 32.6 Å². The lowest BCUT2D eigenvalue weighted by molar-refractivity contribution is -0.154. The minimum atomic E-state index is -4.60. The highest BCUT2D eigenvalue weighted by Gasteiger charge is 2.30. The Morgan fingerprint density at radius 3 is 2.55 bits per heavy atom. The fourth-order valence-corrected chi connectivity index (χ4v) is 2.49. The topological polar surface area (TPSA) is 101 Å². The zero-order valence-corrected chi connectivity index (χ0v) is 16.1. The Morgan fingerprint density at radius 2 is 2.00 bits per heavy atom. The number of ether oxygens (including phenoxy) is 1. The zero-order chi connectivity index (χ0) is 21.8. The van der Waals surface area contributed by atoms with Crippen molar-refractivity contribution in [2.75, 3.05) is 6.61 Å². The zero-order valence-electron chi connectivity index (χ0n) is 15.3. The van der Waals surface area contributed by atoms with Crippen molar-refractivity contribution in [2.45, 2.75) is 26.1 Å². The molecule has 0 aliphatic heterocycles. The van der Waals surface area contributed by atoms with E-state index in [1.165, 1.54) is 12.1 Å². The summed E-state index contributed by atoms with van der Waals surface area (Å²) in [7, 11) is 0. The molecule has 0 aliphatic carbocycles. The van der Waals surface area contributed by atoms with Crippen LogP contribution in [0.5, 0.6) is 5.88 Å². The van der Waals surface area contributed by atoms with Crippen LogP contribution in [0.25, 0.3) is 11.3 Å². The van der Waals surface area contributed by atoms with E-state index in [4.69, 9.17) is 16.3 Å². The number of nitrogens with one attached hydrogen (secondary N) is 1. The van der Waals surface area contributed by atoms with Crippen molar-refractivity contribution in [3.8, 4) is 17.1 Å². The van der Waals surface area contributed by atoms with E-state index in [9.17, 15) is 27.9 Å². The number of nitrogens with zero attached hydrogens (tertiary/aromatic N) is 2. The lowest BCUT2D eigenvalue weighted by atomic mass is 10.0. The minimum Gasteiger partial charge on any atom is -0.480 e. The monoisotopic (exact) mass is 431 g/mol. The number of aromatic nitrogens is 2. The van der Waals surface area contributed by atoms with E-state index in [-0.39, 0.29) is 22.0 Å². The standard InChI is InChI=1S/C18H17ClF3N3O4/c1-9(2)13(17(27)28)25-15(26)12-7-23-16(29-8-18(20,21)22)14(24-12)10-4-3-5-11(19)6-10/h3-7,9,13H,8H2,1-2H3,(H,25,26)(H,27,28)/t13-/m1/s1. The summed E-state index contributed by atoms with van der Waals surface area (Å²) in [6, 6.07) is 4.83. The molecule has 1 amide bonds. The van der Waals surface area contributed by atoms with Gasteiger partial charge in [-0.2, -0.15) is 13.2 Å². The van der Waals surface area contributed by atoms with Gasteiger partial charge in [0, 0.05) is 10.6 Å². The van der Waals surface area contributed by atoms with Crippen LogP contribution in [0.3, 0.4) is 0 Å². The van der Waals surface area contributed by atoms with E-state index < -0.39 is 42.5 Å². The van der Waals surface area contributed by atoms with Crippen molar-refractivity contribution in [1.82, 2.24) is 15.3 Å². The molecule has 2 rings (SSSR count). The second kappa shape index (κ2) is 9.08. The van der Waals surface area contributed by atoms with Crippen LogP contribution < -0.4 is 10.1 Å². The maximum atomic E-state index is 12.5. The quantitative estimate of drug-likeness (QED) is 0.695. The molecule has 0 saturated carbocycles. The number of carbonyl (C=O) groups is 2. The maximum Gasteiger partial charge on any atom is 0.422 e. The van der Waals surface area contributed by atoms with Crippen molar-refractivity contribution in [2.24, 2.45) is 5.92 Å². The number of carbonyl (C=O) groups excluding carboxylic acids is 1. The summed E-state index contributed by atoms with van der Waals surface area (Å²) in [6.45, 7) is 1.61. The molecule has 0 saturated heterocycles. The second-order valence-corrected chi connectivity index (χ2v) is 6.79. The highest BCUT2D eigenvalue weighted by atomic mass is 35.5. The molecule has 2 N–H and O–H groups in total. The third-order valence-electron chi connectivity index (χ3n) is 3.66. The molecule has 0 aliphatic rings. The number of hydrogen-bond acceptors (Lipinski definition) is 5. The Hall–Kier alpha value is -2.88. The van der Waals surface area contributed by atoms with E-state index in [0.717, 1.165) is 6.20 Å². The van der Waals surface area contributed by atoms with Crippen LogP contribution in [0.1, 0.15) is 24.3 Å². The minimum absolute atomic E-state index is 0.138. The summed E-state index contributed by atoms with van der Waals surface area (Å²) in [5.41, 5.74) is -0.150. The van der Waals surface area contributed by atoms with E-state index in [2.05, 4.69) is 15.3 Å². The molecule has 0 unspecified atom stereocenters. The summed E-state index contributed by atoms with van der Waals surface area (Å²) in [5.74, 6) is -2.93. The molecule has 0 fully saturated rings. The van der Waals surface area contributed by atoms with Crippen LogP contribution in [0, 0.1) is 5.92 Å². The van der Waals surface area contributed by atoms with Gasteiger partial charge in [0.05, 0.1) is 6.20 Å². The SMILES string of the molecule is CC(C)[C@@H](NC(=O)c1cnc(OCC(F)(F)F)c(-c2cccc(Cl)c2)n1)C(=O)O. The van der Waals surface area contributed by atoms with Crippen LogP contribution in [0.2, 0.25) is 5.02 Å². The largest absolute Gasteiger partial charge is 0.480 e. The molecule has 29 heavy (non-hydrogen) atoms. The lowest BCUT2D eigenvalue weighted by Crippen LogP contribution is -2.44. The number of carboxylic acid groups (broad SMARTS) is 1. The summed E-state index contributed by atoms with van der Waals surface area (Å²) in [5, 5.41) is 11.8. The van der Waals surface area contributed by atoms with E-state index in [0.29, 0.717) is 0 Å². The number of carboxylic acids is 1. The predicted molar refractivity (Wildman–Crippen MR) is 97.8 cm³/mol. The predicted octanol–water partition coefficient (Wildman–Crippen LogP) is 3.58. The highest BCUT2D eigenvalue weighted by molar-refractivity contribution is 6.30. The summed E-state index contributed by atoms with van der Waals surface area (Å²) in [6.07, 6.45) is -3.69. The van der Waals surface area contributed by atoms with Crippen molar-refractivity contribution in [1.29, 1.82) is 0 Å². The van der Waals surface area contributed by atoms with Crippen molar-refractivity contribution >= 4 is 23.5 Å². The van der Waals surface area contributed by atoms with Gasteiger partial charge in [0.15, 0.2) is 6.61 Å². The lowest BCUT2D eigenvalue weighted by Gasteiger charge is -2.18. The second-order valence-electron chi connectivity index (χ2n) is 6.36. The highest BCUT2D eigenvalue weighted by Crippen LogP contribution is 2.29. The molecule has 1 heterocycles. The Morgan fingerprint density at radius 1 is 1.31 bits per heavy atom. The van der Waals surface area contributed by atoms with E-state index in [1.54, 1.807) is 26.0 Å². The van der Waals surface area contributed by atoms with Gasteiger partial charge >= 0.3 is 12.1 Å². The average Bonchev–Trinajstić information content (AvgIpc) is 2.63. The number of rotatable bonds is 7. The number of hydrogen-bond donors (Lipinski definition) is 2. The Labute approximate surface area is 168 Å². The maximum absolute atomic E-state index is 12.5. The number of alkyl halides is 3. The molecule has 2 aromatic rings. The number of aliphatic carboxylic acids is 1. The number of benzene rings is 1. The fraction of sp³-hybridized carbons (Fsp3) is 0.333. The van der Waals surface area contributed by atoms with Gasteiger partial charge in [-0.25, -0.2) is 14.8 Å². The van der Waals surface area contributed by atoms with Gasteiger partial charge in [-0.15, -0.1) is 0 Å². The number of halogens is 4. The normalized spacial score (nSPS) is 12.5. The van der Waals surface area contributed by atoms with E-state index >= 15 is 0 Å². The van der Waals surface area contributed by atoms with Crippen LogP contribution in [-0.2, 0) is 4.79 Å². The third-order valence-corrected chi connectivity index (χ3v) is 3.90. The van der Waals surface area contributed by atoms with Crippen LogP contribution in [0.4, 0.5) is 13.2 Å². The molecule has 7 nitrogen and oxygen atoms in total. The first-order valence-corrected chi connectivity index (χ1v) is 8.72. The van der Waals surface area contributed by atoms with Gasteiger partial charge in [0.25, 0.3) is 5.91 Å². The smallest absolute Gasteiger partial charge is 0.422 e. The van der Waals surface area contributed by atoms with Gasteiger partial charge in [-0.05, 0) is 18.1 Å². The van der Waals surface area contributed by atoms with Gasteiger partial charge in [-0.3, -0.25) is 4.79 Å². The summed E-state index contributed by atoms with van der Waals surface area (Å²) < 4.78 is 42.3. The van der Waals surface area contributed by atoms with Crippen LogP contribution in [-0.4, -0.2) is 45.8 Å². The molecule has 0 spiro atoms. The first-order valence-electron chi connectivity index (χ1n) is 8.34. The van der Waals surface area contributed by atoms with Gasteiger partial charge in [0.2, 0.25) is 5.88 Å². The van der Waals surface area contributed by atoms with E-state index in [1.807, 2.05) is 0 Å². The molecular weight excluding hydrogens is 415 g/mol. The van der Waals surface area contributed by atoms with Gasteiger partial charge in [-0.1, -0.05) is 37.6 Å². The molecule has 1 aromatic heterocycles. The van der Waals surface area contributed by atoms with Crippen LogP contribution in [0.15, 0.2) is 30.5 Å². The summed E-state index contributed by atoms with van der Waals surface area (Å²) in [4.78, 5) is 31.5. The third kappa shape index (κ3) is 6.31. The molecular formula is C18H17ClF3N3O4. The average molecular weight is 432 g/mol. The molecule has 11 heteroatoms. The summed E-state index contributed by atoms with van der Waals surface area (Å²) >= 11 is 5.92. The molecule has 1 atom stereocenters. The first kappa shape index (κ1) is 22.4. The molecule has 0 radical (unpaired) electrons. The first-order chi connectivity index (χ1) is 13.5. The van der Waals surface area contributed by atoms with Crippen LogP contribution >= 0.6 is 11.6 Å². The Balaban J connectivity index is 2.42. The molecule has 1 aromatic carbocycles.